The van der Waals surface area contributed by atoms with Crippen LogP contribution in [0, 0.1) is 5.92 Å². The summed E-state index contributed by atoms with van der Waals surface area (Å²) in [6.07, 6.45) is -14.9. The van der Waals surface area contributed by atoms with E-state index in [0.717, 1.165) is 66.7 Å². The molecule has 6 aliphatic heterocycles. The molecule has 6 heterocycles. The van der Waals surface area contributed by atoms with Crippen LogP contribution in [0.3, 0.4) is 0 Å². The molecule has 484 valence electrons. The highest BCUT2D eigenvalue weighted by Gasteiger charge is 2.47. The lowest BCUT2D eigenvalue weighted by molar-refractivity contribution is -0.277. The number of aliphatic hydroxyl groups excluding tert-OH is 6. The van der Waals surface area contributed by atoms with E-state index in [1.54, 1.807) is 0 Å². The second-order valence-electron chi connectivity index (χ2n) is 22.2. The number of aliphatic carboxylic acids is 1. The van der Waals surface area contributed by atoms with Gasteiger partial charge in [-0.3, -0.25) is 33.6 Å². The maximum atomic E-state index is 15.8. The van der Waals surface area contributed by atoms with Crippen LogP contribution in [0.2, 0.25) is 10.0 Å². The van der Waals surface area contributed by atoms with E-state index in [1.807, 2.05) is 13.8 Å². The van der Waals surface area contributed by atoms with Gasteiger partial charge in [-0.05, 0) is 96.2 Å². The molecule has 5 unspecified atom stereocenters. The van der Waals surface area contributed by atoms with Crippen molar-refractivity contribution in [1.82, 2.24) is 37.2 Å². The lowest BCUT2D eigenvalue weighted by atomic mass is 9.89. The van der Waals surface area contributed by atoms with Crippen molar-refractivity contribution in [2.45, 2.75) is 112 Å². The molecule has 0 spiro atoms. The number of carbonyl (C=O) groups excluding carboxylic acids is 7. The van der Waals surface area contributed by atoms with Gasteiger partial charge >= 0.3 is 5.97 Å². The van der Waals surface area contributed by atoms with Crippen molar-refractivity contribution < 1.29 is 108 Å². The van der Waals surface area contributed by atoms with E-state index < -0.39 is 207 Å². The predicted molar refractivity (Wildman–Crippen MR) is 313 cm³/mol. The highest BCUT2D eigenvalue weighted by Crippen LogP contribution is 2.49. The summed E-state index contributed by atoms with van der Waals surface area (Å²) in [5.74, 6) is -15.8. The Kier molecular flexibility index (Phi) is 19.8. The van der Waals surface area contributed by atoms with Gasteiger partial charge in [-0.1, -0.05) is 55.2 Å². The summed E-state index contributed by atoms with van der Waals surface area (Å²) in [5.41, 5.74) is 2.90. The fourth-order valence-electron chi connectivity index (χ4n) is 10.7. The summed E-state index contributed by atoms with van der Waals surface area (Å²) in [5, 5.41) is 128. The van der Waals surface area contributed by atoms with Crippen molar-refractivity contribution in [3.63, 3.8) is 0 Å². The second kappa shape index (κ2) is 27.2. The predicted octanol–water partition coefficient (Wildman–Crippen LogP) is -0.131. The van der Waals surface area contributed by atoms with E-state index in [0.29, 0.717) is 0 Å². The molecule has 11 rings (SSSR count). The maximum absolute atomic E-state index is 15.8. The number of ether oxygens (including phenoxy) is 4. The summed E-state index contributed by atoms with van der Waals surface area (Å²) in [4.78, 5) is 115. The molecule has 30 nitrogen and oxygen atoms in total. The number of nitrogens with one attached hydrogen (secondary N) is 7. The highest BCUT2D eigenvalue weighted by molar-refractivity contribution is 6.32. The van der Waals surface area contributed by atoms with E-state index in [9.17, 15) is 75.0 Å². The number of hydrogen-bond acceptors (Lipinski definition) is 22. The quantitative estimate of drug-likeness (QED) is 0.0819. The van der Waals surface area contributed by atoms with Crippen LogP contribution < -0.4 is 57.2 Å². The Morgan fingerprint density at radius 2 is 1.25 bits per heavy atom. The molecule has 1 fully saturated rings. The summed E-state index contributed by atoms with van der Waals surface area (Å²) >= 11 is 13.8. The average molecular weight is 1310 g/mol. The number of carboxylic acid groups (broad SMARTS) is 1. The molecule has 14 atom stereocenters. The zero-order chi connectivity index (χ0) is 66.2. The first-order chi connectivity index (χ1) is 43.1. The topological polar surface area (TPSA) is 486 Å². The largest absolute Gasteiger partial charge is 0.508 e. The fraction of sp³-hybridized carbons (Fsp3) is 0.356. The Balaban J connectivity index is 1.32. The van der Waals surface area contributed by atoms with Crippen LogP contribution in [-0.2, 0) is 43.1 Å². The molecule has 7 amide bonds. The number of fused-ring (bicyclic) bond motifs is 15. The number of carboxylic acids is 1. The highest BCUT2D eigenvalue weighted by atomic mass is 35.5. The van der Waals surface area contributed by atoms with Crippen molar-refractivity contribution in [2.24, 2.45) is 11.7 Å². The third-order valence-electron chi connectivity index (χ3n) is 15.4. The summed E-state index contributed by atoms with van der Waals surface area (Å²) in [6, 6.07) is -0.613. The van der Waals surface area contributed by atoms with Gasteiger partial charge in [0.25, 0.3) is 0 Å². The summed E-state index contributed by atoms with van der Waals surface area (Å²) in [6.45, 7) is 2.69. The third kappa shape index (κ3) is 14.0. The van der Waals surface area contributed by atoms with Crippen molar-refractivity contribution >= 4 is 70.5 Å². The van der Waals surface area contributed by atoms with E-state index in [1.165, 1.54) is 19.2 Å². The van der Waals surface area contributed by atoms with Gasteiger partial charge in [0.15, 0.2) is 17.5 Å². The Labute approximate surface area is 525 Å². The SMILES string of the molecule is CN[C@H](CC(C)C)C(=O)N[C@H]1C(=O)N[C@@H](CC(N)=O)C(=O)N[C@H]2C(=O)N[C@H]3C(=O)N[C@H](C(=O)N[C@H](C(=O)O)c4cc(O)cc(O)c4-c4cc3ccc4O)[C@H](O)c3ccc(c(Cl)c3)Oc3cc2cc(c3OC2OC(CO)C(O)C(O)C2O)Oc2ccc(cc2Cl)[C@H]1O. The molecule has 5 aromatic rings. The van der Waals surface area contributed by atoms with E-state index >= 15 is 14.4 Å². The van der Waals surface area contributed by atoms with Gasteiger partial charge < -0.3 is 113 Å². The van der Waals surface area contributed by atoms with Crippen molar-refractivity contribution in [2.75, 3.05) is 13.7 Å². The third-order valence-corrected chi connectivity index (χ3v) is 16.0. The summed E-state index contributed by atoms with van der Waals surface area (Å²) in [7, 11) is 1.47. The molecular weight excluding hydrogens is 1240 g/mol. The molecule has 19 N–H and O–H groups in total. The minimum Gasteiger partial charge on any atom is -0.508 e. The number of nitrogens with two attached hydrogens (primary N) is 1. The van der Waals surface area contributed by atoms with Crippen LogP contribution in [0.1, 0.15) is 84.8 Å². The van der Waals surface area contributed by atoms with E-state index in [2.05, 4.69) is 37.2 Å². The number of carbonyl (C=O) groups is 8. The lowest BCUT2D eigenvalue weighted by Gasteiger charge is -2.39. The second-order valence-corrected chi connectivity index (χ2v) is 23.0. The number of phenolic OH excluding ortho intramolecular Hbond substituents is 3. The van der Waals surface area contributed by atoms with Gasteiger partial charge in [-0.25, -0.2) is 4.79 Å². The van der Waals surface area contributed by atoms with Crippen LogP contribution in [0.5, 0.6) is 46.0 Å². The molecule has 0 saturated carbocycles. The van der Waals surface area contributed by atoms with Crippen molar-refractivity contribution in [1.29, 1.82) is 0 Å². The van der Waals surface area contributed by atoms with Gasteiger partial charge in [0.2, 0.25) is 53.4 Å². The van der Waals surface area contributed by atoms with Crippen LogP contribution in [0.15, 0.2) is 78.9 Å². The zero-order valence-electron chi connectivity index (χ0n) is 48.0. The molecule has 5 aromatic carbocycles. The molecule has 32 heteroatoms. The molecule has 11 bridgehead atoms. The average Bonchev–Trinajstić information content (AvgIpc) is 0.790. The monoisotopic (exact) mass is 1300 g/mol. The number of likely N-dealkylation sites (N-methyl/N-ethyl adjacent to an activating group) is 1. The van der Waals surface area contributed by atoms with Gasteiger partial charge in [-0.2, -0.15) is 0 Å². The number of phenols is 3. The number of primary amides is 1. The first-order valence-corrected chi connectivity index (χ1v) is 28.7. The van der Waals surface area contributed by atoms with Crippen LogP contribution in [0.4, 0.5) is 0 Å². The summed E-state index contributed by atoms with van der Waals surface area (Å²) < 4.78 is 24.8. The number of benzene rings is 5. The Morgan fingerprint density at radius 3 is 1.84 bits per heavy atom. The number of hydrogen-bond donors (Lipinski definition) is 18. The lowest BCUT2D eigenvalue weighted by Crippen LogP contribution is -2.60. The van der Waals surface area contributed by atoms with Crippen LogP contribution in [-0.4, -0.2) is 167 Å². The normalized spacial score (nSPS) is 26.2. The molecule has 6 aliphatic rings. The standard InChI is InChI=1S/C59H62Cl2N8O22/c1-20(2)10-30(63-3)52(80)68-44-46(75)22-5-8-34(28(60)12-22)88-36-14-24-15-37(51(36)91-59-50(79)49(78)48(77)38(19-70)90-59)89-35-9-6-23(13-29(35)61)47(76)45-57(85)67-43(58(86)87)27-16-25(71)17-33(73)40(27)26-11-21(4-7-32(26)72)41(54(82)69-45)66-55(83)42(24)65-53(81)31(18-39(62)74)64-56(44)84/h4-9,11-17,20,30-31,38,41-50,59,63,70-73,75-79H,10,18-19H2,1-3H3,(H2,62,74)(H,64,84)(H,65,81)(H,66,83)(H,67,85)(H,68,80)(H,69,82)(H,86,87)/t30-,31+,38?,41-,42-,43+,44-,45+,46-,47-,48?,49?,50?,59?/m1/s1. The van der Waals surface area contributed by atoms with Crippen LogP contribution >= 0.6 is 23.2 Å². The zero-order valence-corrected chi connectivity index (χ0v) is 49.5. The molecule has 1 saturated heterocycles. The van der Waals surface area contributed by atoms with Crippen molar-refractivity contribution in [3.05, 3.63) is 117 Å². The smallest absolute Gasteiger partial charge is 0.330 e. The van der Waals surface area contributed by atoms with Gasteiger partial charge in [-0.15, -0.1) is 0 Å². The fourth-order valence-corrected chi connectivity index (χ4v) is 11.2. The van der Waals surface area contributed by atoms with E-state index in [-0.39, 0.29) is 45.6 Å². The Morgan fingerprint density at radius 1 is 0.659 bits per heavy atom. The number of halogens is 2. The molecule has 0 aromatic heterocycles. The number of rotatable bonds is 11. The maximum Gasteiger partial charge on any atom is 0.330 e. The number of aromatic hydroxyl groups is 3. The Bertz CT molecular complexity index is 3730. The first kappa shape index (κ1) is 66.3. The van der Waals surface area contributed by atoms with Gasteiger partial charge in [0.1, 0.15) is 95.6 Å². The Hall–Kier alpha value is -9.08. The number of aliphatic hydroxyl groups is 6. The molecule has 0 radical (unpaired) electrons. The first-order valence-electron chi connectivity index (χ1n) is 27.9. The van der Waals surface area contributed by atoms with Crippen LogP contribution in [0.25, 0.3) is 11.1 Å². The molecule has 91 heavy (non-hydrogen) atoms. The van der Waals surface area contributed by atoms with Crippen molar-refractivity contribution in [3.8, 4) is 57.1 Å². The minimum atomic E-state index is -2.31. The van der Waals surface area contributed by atoms with E-state index in [4.69, 9.17) is 47.9 Å². The molecule has 0 aliphatic carbocycles. The number of amides is 7. The van der Waals surface area contributed by atoms with Gasteiger partial charge in [0.05, 0.1) is 29.1 Å². The minimum absolute atomic E-state index is 0.0825. The molecular formula is C59H62Cl2N8O22. The van der Waals surface area contributed by atoms with Gasteiger partial charge in [0, 0.05) is 22.8 Å².